The van der Waals surface area contributed by atoms with Crippen molar-refractivity contribution in [2.24, 2.45) is 0 Å². The van der Waals surface area contributed by atoms with Gasteiger partial charge in [0.15, 0.2) is 6.61 Å². The van der Waals surface area contributed by atoms with Crippen LogP contribution >= 0.6 is 0 Å². The van der Waals surface area contributed by atoms with Gasteiger partial charge in [-0.3, -0.25) is 4.79 Å². The Morgan fingerprint density at radius 3 is 2.67 bits per heavy atom. The lowest BCUT2D eigenvalue weighted by Gasteiger charge is -2.10. The van der Waals surface area contributed by atoms with Gasteiger partial charge in [-0.25, -0.2) is 4.79 Å². The van der Waals surface area contributed by atoms with Crippen LogP contribution in [0.3, 0.4) is 0 Å². The number of aryl methyl sites for hydroxylation is 2. The van der Waals surface area contributed by atoms with Gasteiger partial charge in [0, 0.05) is 23.2 Å². The SMILES string of the molecule is Cc1ccccc1NC(=O)COc1ccc2c(C)cc(=O)oc2c1. The molecule has 0 unspecified atom stereocenters. The molecule has 0 aliphatic heterocycles. The zero-order valence-corrected chi connectivity index (χ0v) is 13.5. The van der Waals surface area contributed by atoms with Gasteiger partial charge in [-0.15, -0.1) is 0 Å². The summed E-state index contributed by atoms with van der Waals surface area (Å²) in [5.74, 6) is 0.214. The van der Waals surface area contributed by atoms with Gasteiger partial charge in [-0.1, -0.05) is 18.2 Å². The van der Waals surface area contributed by atoms with Gasteiger partial charge in [0.1, 0.15) is 11.3 Å². The number of benzene rings is 2. The van der Waals surface area contributed by atoms with Gasteiger partial charge < -0.3 is 14.5 Å². The molecule has 122 valence electrons. The Balaban J connectivity index is 1.70. The number of nitrogens with one attached hydrogen (secondary N) is 1. The summed E-state index contributed by atoms with van der Waals surface area (Å²) in [5, 5.41) is 3.64. The van der Waals surface area contributed by atoms with Crippen molar-refractivity contribution in [2.75, 3.05) is 11.9 Å². The van der Waals surface area contributed by atoms with Crippen molar-refractivity contribution in [3.63, 3.8) is 0 Å². The van der Waals surface area contributed by atoms with Crippen LogP contribution < -0.4 is 15.7 Å². The fourth-order valence-corrected chi connectivity index (χ4v) is 2.44. The fourth-order valence-electron chi connectivity index (χ4n) is 2.44. The molecule has 0 radical (unpaired) electrons. The third kappa shape index (κ3) is 3.46. The van der Waals surface area contributed by atoms with Gasteiger partial charge in [0.05, 0.1) is 0 Å². The summed E-state index contributed by atoms with van der Waals surface area (Å²) in [7, 11) is 0. The second kappa shape index (κ2) is 6.58. The Hall–Kier alpha value is -3.08. The molecule has 1 N–H and O–H groups in total. The third-order valence-corrected chi connectivity index (χ3v) is 3.71. The summed E-state index contributed by atoms with van der Waals surface area (Å²) < 4.78 is 10.7. The van der Waals surface area contributed by atoms with Crippen LogP contribution in [0.1, 0.15) is 11.1 Å². The molecule has 0 saturated carbocycles. The maximum absolute atomic E-state index is 12.0. The average Bonchev–Trinajstić information content (AvgIpc) is 2.54. The molecule has 1 aromatic heterocycles. The molecular weight excluding hydrogens is 306 g/mol. The summed E-state index contributed by atoms with van der Waals surface area (Å²) in [4.78, 5) is 23.4. The van der Waals surface area contributed by atoms with Crippen molar-refractivity contribution < 1.29 is 13.9 Å². The van der Waals surface area contributed by atoms with Crippen molar-refractivity contribution in [3.05, 3.63) is 70.1 Å². The molecule has 0 aliphatic rings. The Morgan fingerprint density at radius 2 is 1.88 bits per heavy atom. The van der Waals surface area contributed by atoms with Crippen molar-refractivity contribution in [1.82, 2.24) is 0 Å². The highest BCUT2D eigenvalue weighted by molar-refractivity contribution is 5.92. The van der Waals surface area contributed by atoms with E-state index in [0.29, 0.717) is 11.3 Å². The second-order valence-electron chi connectivity index (χ2n) is 5.56. The largest absolute Gasteiger partial charge is 0.484 e. The van der Waals surface area contributed by atoms with Crippen LogP contribution in [0.4, 0.5) is 5.69 Å². The molecule has 3 aromatic rings. The smallest absolute Gasteiger partial charge is 0.336 e. The number of fused-ring (bicyclic) bond motifs is 1. The first-order valence-electron chi connectivity index (χ1n) is 7.56. The van der Waals surface area contributed by atoms with Crippen molar-refractivity contribution in [1.29, 1.82) is 0 Å². The summed E-state index contributed by atoms with van der Waals surface area (Å²) in [6, 6.07) is 14.1. The van der Waals surface area contributed by atoms with E-state index in [4.69, 9.17) is 9.15 Å². The minimum absolute atomic E-state index is 0.129. The number of amides is 1. The number of hydrogen-bond acceptors (Lipinski definition) is 4. The first-order chi connectivity index (χ1) is 11.5. The van der Waals surface area contributed by atoms with Gasteiger partial charge in [0.25, 0.3) is 5.91 Å². The van der Waals surface area contributed by atoms with E-state index in [0.717, 1.165) is 22.2 Å². The maximum atomic E-state index is 12.0. The Bertz CT molecular complexity index is 959. The third-order valence-electron chi connectivity index (χ3n) is 3.71. The highest BCUT2D eigenvalue weighted by Crippen LogP contribution is 2.22. The van der Waals surface area contributed by atoms with Crippen molar-refractivity contribution in [2.45, 2.75) is 13.8 Å². The van der Waals surface area contributed by atoms with Gasteiger partial charge in [-0.05, 0) is 43.2 Å². The number of ether oxygens (including phenoxy) is 1. The molecule has 0 bridgehead atoms. The number of carbonyl (C=O) groups is 1. The molecule has 5 nitrogen and oxygen atoms in total. The minimum atomic E-state index is -0.408. The van der Waals surface area contributed by atoms with Crippen LogP contribution in [0, 0.1) is 13.8 Å². The standard InChI is InChI=1S/C19H17NO4/c1-12-5-3-4-6-16(12)20-18(21)11-23-14-7-8-15-13(2)9-19(22)24-17(15)10-14/h3-10H,11H2,1-2H3,(H,20,21). The van der Waals surface area contributed by atoms with E-state index in [9.17, 15) is 9.59 Å². The highest BCUT2D eigenvalue weighted by Gasteiger charge is 2.07. The number of para-hydroxylation sites is 1. The van der Waals surface area contributed by atoms with E-state index < -0.39 is 5.63 Å². The molecule has 0 spiro atoms. The Kier molecular flexibility index (Phi) is 4.33. The van der Waals surface area contributed by atoms with Crippen LogP contribution in [-0.4, -0.2) is 12.5 Å². The monoisotopic (exact) mass is 323 g/mol. The highest BCUT2D eigenvalue weighted by atomic mass is 16.5. The number of anilines is 1. The minimum Gasteiger partial charge on any atom is -0.484 e. The van der Waals surface area contributed by atoms with E-state index in [1.54, 1.807) is 12.1 Å². The molecule has 3 rings (SSSR count). The number of hydrogen-bond donors (Lipinski definition) is 1. The quantitative estimate of drug-likeness (QED) is 0.747. The maximum Gasteiger partial charge on any atom is 0.336 e. The van der Waals surface area contributed by atoms with Crippen LogP contribution in [0.5, 0.6) is 5.75 Å². The predicted molar refractivity (Wildman–Crippen MR) is 92.5 cm³/mol. The van der Waals surface area contributed by atoms with Gasteiger partial charge in [-0.2, -0.15) is 0 Å². The lowest BCUT2D eigenvalue weighted by molar-refractivity contribution is -0.118. The molecule has 2 aromatic carbocycles. The summed E-state index contributed by atoms with van der Waals surface area (Å²) >= 11 is 0. The zero-order chi connectivity index (χ0) is 17.1. The van der Waals surface area contributed by atoms with Gasteiger partial charge in [0.2, 0.25) is 0 Å². The normalized spacial score (nSPS) is 10.6. The predicted octanol–water partition coefficient (Wildman–Crippen LogP) is 3.43. The van der Waals surface area contributed by atoms with E-state index >= 15 is 0 Å². The van der Waals surface area contributed by atoms with Crippen LogP contribution in [-0.2, 0) is 4.79 Å². The second-order valence-corrected chi connectivity index (χ2v) is 5.56. The molecule has 24 heavy (non-hydrogen) atoms. The molecule has 1 heterocycles. The van der Waals surface area contributed by atoms with Crippen LogP contribution in [0.15, 0.2) is 57.7 Å². The van der Waals surface area contributed by atoms with Gasteiger partial charge >= 0.3 is 5.63 Å². The van der Waals surface area contributed by atoms with Crippen molar-refractivity contribution in [3.8, 4) is 5.75 Å². The molecule has 1 amide bonds. The molecule has 0 atom stereocenters. The molecule has 0 fully saturated rings. The Labute approximate surface area is 138 Å². The fraction of sp³-hybridized carbons (Fsp3) is 0.158. The Morgan fingerprint density at radius 1 is 1.08 bits per heavy atom. The van der Waals surface area contributed by atoms with E-state index in [1.165, 1.54) is 6.07 Å². The first kappa shape index (κ1) is 15.8. The van der Waals surface area contributed by atoms with Crippen molar-refractivity contribution >= 4 is 22.6 Å². The number of carbonyl (C=O) groups excluding carboxylic acids is 1. The zero-order valence-electron chi connectivity index (χ0n) is 13.5. The van der Waals surface area contributed by atoms with E-state index in [-0.39, 0.29) is 12.5 Å². The summed E-state index contributed by atoms with van der Waals surface area (Å²) in [6.45, 7) is 3.63. The first-order valence-corrected chi connectivity index (χ1v) is 7.56. The van der Waals surface area contributed by atoms with Crippen LogP contribution in [0.25, 0.3) is 11.0 Å². The van der Waals surface area contributed by atoms with E-state index in [2.05, 4.69) is 5.32 Å². The number of rotatable bonds is 4. The topological polar surface area (TPSA) is 68.5 Å². The summed E-state index contributed by atoms with van der Waals surface area (Å²) in [6.07, 6.45) is 0. The molecule has 5 heteroatoms. The average molecular weight is 323 g/mol. The molecular formula is C19H17NO4. The van der Waals surface area contributed by atoms with Crippen LogP contribution in [0.2, 0.25) is 0 Å². The lowest BCUT2D eigenvalue weighted by atomic mass is 10.1. The van der Waals surface area contributed by atoms with E-state index in [1.807, 2.05) is 44.2 Å². The summed E-state index contributed by atoms with van der Waals surface area (Å²) in [5.41, 5.74) is 2.61. The molecule has 0 saturated heterocycles. The lowest BCUT2D eigenvalue weighted by Crippen LogP contribution is -2.20. The molecule has 0 aliphatic carbocycles.